The van der Waals surface area contributed by atoms with E-state index in [1.165, 1.54) is 9.80 Å². The van der Waals surface area contributed by atoms with Crippen molar-refractivity contribution in [3.05, 3.63) is 64.7 Å². The molecule has 2 aromatic carbocycles. The number of hydrogen-bond acceptors (Lipinski definition) is 6. The molecule has 2 fully saturated rings. The minimum Gasteiger partial charge on any atom is -0.492 e. The standard InChI is InChI=1S/C24H27ClN4O4/c1-2-33-20-9-8-17(12-19(20)25)23-18(13-26-27-23)24(32)28-14-21(30)29(22(31)15-28)11-10-16-6-4-3-5-7-16/h3-9,12,18,23,26-27H,2,10-11,13-15H2,1H3. The number of carbonyl (C=O) groups excluding carboxylic acids is 3. The smallest absolute Gasteiger partial charge is 0.248 e. The van der Waals surface area contributed by atoms with Gasteiger partial charge in [-0.1, -0.05) is 48.0 Å². The van der Waals surface area contributed by atoms with Crippen molar-refractivity contribution in [2.24, 2.45) is 5.92 Å². The molecule has 2 N–H and O–H groups in total. The molecule has 0 aliphatic carbocycles. The van der Waals surface area contributed by atoms with E-state index in [9.17, 15) is 14.4 Å². The first-order chi connectivity index (χ1) is 16.0. The van der Waals surface area contributed by atoms with Crippen molar-refractivity contribution in [2.45, 2.75) is 19.4 Å². The average molecular weight is 471 g/mol. The highest BCUT2D eigenvalue weighted by Gasteiger charge is 2.41. The molecule has 2 unspecified atom stereocenters. The van der Waals surface area contributed by atoms with Crippen molar-refractivity contribution in [3.8, 4) is 5.75 Å². The molecule has 174 valence electrons. The predicted octanol–water partition coefficient (Wildman–Crippen LogP) is 1.94. The molecule has 0 aromatic heterocycles. The van der Waals surface area contributed by atoms with Gasteiger partial charge in [-0.05, 0) is 36.6 Å². The molecule has 2 heterocycles. The zero-order valence-electron chi connectivity index (χ0n) is 18.4. The normalized spacial score (nSPS) is 20.9. The molecule has 0 spiro atoms. The fraction of sp³-hybridized carbons (Fsp3) is 0.375. The summed E-state index contributed by atoms with van der Waals surface area (Å²) in [5.74, 6) is -0.841. The van der Waals surface area contributed by atoms with Gasteiger partial charge in [0.1, 0.15) is 18.8 Å². The van der Waals surface area contributed by atoms with Crippen molar-refractivity contribution in [2.75, 3.05) is 32.8 Å². The van der Waals surface area contributed by atoms with Crippen LogP contribution in [-0.4, -0.2) is 60.3 Å². The number of imide groups is 1. The lowest BCUT2D eigenvalue weighted by atomic mass is 9.93. The van der Waals surface area contributed by atoms with E-state index < -0.39 is 5.92 Å². The average Bonchev–Trinajstić information content (AvgIpc) is 3.30. The van der Waals surface area contributed by atoms with E-state index in [-0.39, 0.29) is 36.9 Å². The van der Waals surface area contributed by atoms with Gasteiger partial charge in [0.25, 0.3) is 0 Å². The molecule has 2 aromatic rings. The minimum atomic E-state index is -0.476. The van der Waals surface area contributed by atoms with Gasteiger partial charge >= 0.3 is 0 Å². The predicted molar refractivity (Wildman–Crippen MR) is 123 cm³/mol. The summed E-state index contributed by atoms with van der Waals surface area (Å²) in [6.07, 6.45) is 0.587. The fourth-order valence-corrected chi connectivity index (χ4v) is 4.49. The summed E-state index contributed by atoms with van der Waals surface area (Å²) in [7, 11) is 0. The Hall–Kier alpha value is -2.94. The monoisotopic (exact) mass is 470 g/mol. The Labute approximate surface area is 197 Å². The number of hydrogen-bond donors (Lipinski definition) is 2. The summed E-state index contributed by atoms with van der Waals surface area (Å²) < 4.78 is 5.48. The van der Waals surface area contributed by atoms with Crippen LogP contribution in [0.1, 0.15) is 24.1 Å². The number of amides is 3. The molecule has 2 atom stereocenters. The second-order valence-corrected chi connectivity index (χ2v) is 8.51. The number of nitrogens with one attached hydrogen (secondary N) is 2. The number of halogens is 1. The number of rotatable bonds is 7. The summed E-state index contributed by atoms with van der Waals surface area (Å²) >= 11 is 6.33. The Kier molecular flexibility index (Phi) is 7.27. The third-order valence-corrected chi connectivity index (χ3v) is 6.24. The number of nitrogens with zero attached hydrogens (tertiary/aromatic N) is 2. The molecule has 0 radical (unpaired) electrons. The highest BCUT2D eigenvalue weighted by atomic mass is 35.5. The zero-order valence-corrected chi connectivity index (χ0v) is 19.2. The molecule has 2 aliphatic heterocycles. The molecule has 33 heavy (non-hydrogen) atoms. The van der Waals surface area contributed by atoms with Gasteiger partial charge in [-0.2, -0.15) is 0 Å². The van der Waals surface area contributed by atoms with Crippen molar-refractivity contribution in [1.29, 1.82) is 0 Å². The topological polar surface area (TPSA) is 91.0 Å². The first kappa shape index (κ1) is 23.2. The molecule has 0 bridgehead atoms. The lowest BCUT2D eigenvalue weighted by molar-refractivity contribution is -0.157. The number of piperazine rings is 1. The van der Waals surface area contributed by atoms with Crippen LogP contribution in [-0.2, 0) is 20.8 Å². The number of hydrazine groups is 1. The van der Waals surface area contributed by atoms with E-state index in [2.05, 4.69) is 10.9 Å². The molecular formula is C24H27ClN4O4. The van der Waals surface area contributed by atoms with Crippen LogP contribution in [0.5, 0.6) is 5.75 Å². The second kappa shape index (κ2) is 10.3. The molecule has 2 saturated heterocycles. The van der Waals surface area contributed by atoms with Crippen LogP contribution >= 0.6 is 11.6 Å². The lowest BCUT2D eigenvalue weighted by Gasteiger charge is -2.34. The minimum absolute atomic E-state index is 0.105. The zero-order chi connectivity index (χ0) is 23.4. The molecule has 8 nitrogen and oxygen atoms in total. The van der Waals surface area contributed by atoms with Crippen LogP contribution in [0.25, 0.3) is 0 Å². The van der Waals surface area contributed by atoms with Gasteiger partial charge in [0, 0.05) is 13.1 Å². The van der Waals surface area contributed by atoms with Crippen LogP contribution in [0.3, 0.4) is 0 Å². The van der Waals surface area contributed by atoms with Crippen LogP contribution in [0.4, 0.5) is 0 Å². The van der Waals surface area contributed by atoms with E-state index in [0.29, 0.717) is 36.9 Å². The molecule has 9 heteroatoms. The van der Waals surface area contributed by atoms with Gasteiger partial charge in [-0.15, -0.1) is 0 Å². The summed E-state index contributed by atoms with van der Waals surface area (Å²) in [6.45, 7) is 2.86. The van der Waals surface area contributed by atoms with Crippen LogP contribution < -0.4 is 15.6 Å². The fourth-order valence-electron chi connectivity index (χ4n) is 4.24. The second-order valence-electron chi connectivity index (χ2n) is 8.10. The van der Waals surface area contributed by atoms with Crippen molar-refractivity contribution in [1.82, 2.24) is 20.7 Å². The van der Waals surface area contributed by atoms with Gasteiger partial charge in [0.05, 0.1) is 23.6 Å². The van der Waals surface area contributed by atoms with E-state index in [1.54, 1.807) is 12.1 Å². The van der Waals surface area contributed by atoms with Gasteiger partial charge in [-0.3, -0.25) is 24.7 Å². The van der Waals surface area contributed by atoms with Gasteiger partial charge in [0.2, 0.25) is 17.7 Å². The quantitative estimate of drug-likeness (QED) is 0.601. The Morgan fingerprint density at radius 1 is 1.12 bits per heavy atom. The van der Waals surface area contributed by atoms with Gasteiger partial charge in [-0.25, -0.2) is 5.43 Å². The number of benzene rings is 2. The largest absolute Gasteiger partial charge is 0.492 e. The molecule has 2 aliphatic rings. The molecular weight excluding hydrogens is 444 g/mol. The summed E-state index contributed by atoms with van der Waals surface area (Å²) in [6, 6.07) is 14.8. The Balaban J connectivity index is 1.41. The van der Waals surface area contributed by atoms with Gasteiger partial charge in [0.15, 0.2) is 0 Å². The Morgan fingerprint density at radius 2 is 1.85 bits per heavy atom. The van der Waals surface area contributed by atoms with E-state index in [4.69, 9.17) is 16.3 Å². The molecule has 0 saturated carbocycles. The maximum atomic E-state index is 13.3. The van der Waals surface area contributed by atoms with Crippen LogP contribution in [0.2, 0.25) is 5.02 Å². The molecule has 3 amide bonds. The Bertz CT molecular complexity index is 1010. The molecule has 4 rings (SSSR count). The van der Waals surface area contributed by atoms with Crippen molar-refractivity contribution < 1.29 is 19.1 Å². The van der Waals surface area contributed by atoms with E-state index >= 15 is 0 Å². The summed E-state index contributed by atoms with van der Waals surface area (Å²) in [4.78, 5) is 41.3. The summed E-state index contributed by atoms with van der Waals surface area (Å²) in [5.41, 5.74) is 8.01. The van der Waals surface area contributed by atoms with E-state index in [0.717, 1.165) is 11.1 Å². The van der Waals surface area contributed by atoms with Crippen molar-refractivity contribution >= 4 is 29.3 Å². The van der Waals surface area contributed by atoms with Crippen molar-refractivity contribution in [3.63, 3.8) is 0 Å². The number of ether oxygens (including phenoxy) is 1. The van der Waals surface area contributed by atoms with Crippen LogP contribution in [0.15, 0.2) is 48.5 Å². The van der Waals surface area contributed by atoms with Gasteiger partial charge < -0.3 is 9.64 Å². The van der Waals surface area contributed by atoms with Crippen LogP contribution in [0, 0.1) is 5.92 Å². The highest BCUT2D eigenvalue weighted by Crippen LogP contribution is 2.33. The third-order valence-electron chi connectivity index (χ3n) is 5.95. The highest BCUT2D eigenvalue weighted by molar-refractivity contribution is 6.32. The lowest BCUT2D eigenvalue weighted by Crippen LogP contribution is -2.57. The SMILES string of the molecule is CCOc1ccc(C2NNCC2C(=O)N2CC(=O)N(CCc3ccccc3)C(=O)C2)cc1Cl. The number of carbonyl (C=O) groups is 3. The first-order valence-corrected chi connectivity index (χ1v) is 11.4. The third kappa shape index (κ3) is 5.19. The maximum Gasteiger partial charge on any atom is 0.248 e. The van der Waals surface area contributed by atoms with E-state index in [1.807, 2.05) is 43.3 Å². The Morgan fingerprint density at radius 3 is 2.52 bits per heavy atom. The first-order valence-electron chi connectivity index (χ1n) is 11.0. The maximum absolute atomic E-state index is 13.3. The summed E-state index contributed by atoms with van der Waals surface area (Å²) in [5, 5.41) is 0.464.